The molecule has 2 aromatic carbocycles. The molecule has 20 heavy (non-hydrogen) atoms. The van der Waals surface area contributed by atoms with Crippen molar-refractivity contribution in [2.45, 2.75) is 13.3 Å². The van der Waals surface area contributed by atoms with Gasteiger partial charge in [0.1, 0.15) is 5.82 Å². The number of hydrogen-bond acceptors (Lipinski definition) is 3. The predicted octanol–water partition coefficient (Wildman–Crippen LogP) is 3.47. The summed E-state index contributed by atoms with van der Waals surface area (Å²) in [6.07, 6.45) is 0.0856. The average Bonchev–Trinajstić information content (AvgIpc) is 2.37. The van der Waals surface area contributed by atoms with Gasteiger partial charge in [0.05, 0.1) is 11.0 Å². The first kappa shape index (κ1) is 13.9. The number of Topliss-reactive ketones (excluding diaryl/α,β-unsaturated/α-hetero) is 1. The number of halogens is 1. The first-order valence-electron chi connectivity index (χ1n) is 5.99. The number of aryl methyl sites for hydroxylation is 1. The largest absolute Gasteiger partial charge is 0.294 e. The fourth-order valence-corrected chi connectivity index (χ4v) is 1.95. The molecule has 0 N–H and O–H groups in total. The summed E-state index contributed by atoms with van der Waals surface area (Å²) in [4.78, 5) is 22.0. The van der Waals surface area contributed by atoms with Gasteiger partial charge in [0.2, 0.25) is 0 Å². The van der Waals surface area contributed by atoms with Crippen LogP contribution in [0.3, 0.4) is 0 Å². The maximum absolute atomic E-state index is 13.3. The van der Waals surface area contributed by atoms with E-state index < -0.39 is 16.4 Å². The van der Waals surface area contributed by atoms with Gasteiger partial charge in [-0.1, -0.05) is 29.8 Å². The number of carbonyl (C=O) groups excluding carboxylic acids is 1. The normalized spacial score (nSPS) is 10.3. The molecule has 102 valence electrons. The van der Waals surface area contributed by atoms with E-state index in [-0.39, 0.29) is 17.8 Å². The van der Waals surface area contributed by atoms with Gasteiger partial charge in [0.15, 0.2) is 5.78 Å². The summed E-state index contributed by atoms with van der Waals surface area (Å²) in [6, 6.07) is 10.3. The number of nitro benzene ring substituents is 1. The Balaban J connectivity index is 2.27. The number of nitrogens with zero attached hydrogens (tertiary/aromatic N) is 1. The molecule has 0 aliphatic heterocycles. The van der Waals surface area contributed by atoms with Crippen LogP contribution in [0.2, 0.25) is 0 Å². The molecule has 2 aromatic rings. The minimum atomic E-state index is -0.785. The maximum Gasteiger partial charge on any atom is 0.273 e. The van der Waals surface area contributed by atoms with Crippen molar-refractivity contribution in [3.8, 4) is 0 Å². The molecule has 0 aliphatic carbocycles. The van der Waals surface area contributed by atoms with Crippen LogP contribution in [0.25, 0.3) is 0 Å². The first-order chi connectivity index (χ1) is 9.45. The van der Waals surface area contributed by atoms with Crippen LogP contribution in [0.15, 0.2) is 42.5 Å². The second-order valence-electron chi connectivity index (χ2n) is 4.54. The van der Waals surface area contributed by atoms with Gasteiger partial charge in [-0.3, -0.25) is 14.9 Å². The van der Waals surface area contributed by atoms with E-state index in [1.54, 1.807) is 6.07 Å². The van der Waals surface area contributed by atoms with Crippen LogP contribution in [-0.2, 0) is 6.42 Å². The molecule has 5 heteroatoms. The highest BCUT2D eigenvalue weighted by molar-refractivity contribution is 5.98. The molecule has 0 atom stereocenters. The number of ketones is 1. The summed E-state index contributed by atoms with van der Waals surface area (Å²) in [5, 5.41) is 10.7. The second kappa shape index (κ2) is 5.61. The van der Waals surface area contributed by atoms with E-state index in [2.05, 4.69) is 0 Å². The molecular weight excluding hydrogens is 261 g/mol. The zero-order valence-electron chi connectivity index (χ0n) is 10.8. The maximum atomic E-state index is 13.3. The lowest BCUT2D eigenvalue weighted by molar-refractivity contribution is -0.385. The van der Waals surface area contributed by atoms with E-state index in [1.807, 2.05) is 25.1 Å². The molecule has 0 saturated heterocycles. The lowest BCUT2D eigenvalue weighted by atomic mass is 10.0. The summed E-state index contributed by atoms with van der Waals surface area (Å²) in [5.41, 5.74) is 1.40. The van der Waals surface area contributed by atoms with Crippen LogP contribution >= 0.6 is 0 Å². The minimum Gasteiger partial charge on any atom is -0.294 e. The Bertz CT molecular complexity index is 683. The molecule has 0 amide bonds. The molecule has 0 fully saturated rings. The van der Waals surface area contributed by atoms with Crippen molar-refractivity contribution in [3.63, 3.8) is 0 Å². The third-order valence-electron chi connectivity index (χ3n) is 2.86. The first-order valence-corrected chi connectivity index (χ1v) is 5.99. The van der Waals surface area contributed by atoms with Crippen molar-refractivity contribution < 1.29 is 14.1 Å². The van der Waals surface area contributed by atoms with Gasteiger partial charge in [-0.05, 0) is 18.6 Å². The van der Waals surface area contributed by atoms with Crippen molar-refractivity contribution in [3.05, 3.63) is 75.1 Å². The Morgan fingerprint density at radius 3 is 2.65 bits per heavy atom. The lowest BCUT2D eigenvalue weighted by Crippen LogP contribution is -2.05. The van der Waals surface area contributed by atoms with E-state index in [4.69, 9.17) is 0 Å². The van der Waals surface area contributed by atoms with Gasteiger partial charge < -0.3 is 0 Å². The summed E-state index contributed by atoms with van der Waals surface area (Å²) >= 11 is 0. The number of benzene rings is 2. The Morgan fingerprint density at radius 1 is 1.25 bits per heavy atom. The van der Waals surface area contributed by atoms with Crippen LogP contribution in [0.5, 0.6) is 0 Å². The zero-order valence-corrected chi connectivity index (χ0v) is 10.8. The molecular formula is C15H12FNO3. The number of hydrogen-bond donors (Lipinski definition) is 0. The lowest BCUT2D eigenvalue weighted by Gasteiger charge is -2.03. The standard InChI is InChI=1S/C15H12FNO3/c1-10-3-2-4-11(5-10)6-15(18)12-7-13(16)9-14(8-12)17(19)20/h2-5,7-9H,6H2,1H3. The Labute approximate surface area is 115 Å². The minimum absolute atomic E-state index is 0.0122. The molecule has 0 spiro atoms. The van der Waals surface area contributed by atoms with Crippen molar-refractivity contribution >= 4 is 11.5 Å². The fraction of sp³-hybridized carbons (Fsp3) is 0.133. The van der Waals surface area contributed by atoms with E-state index in [1.165, 1.54) is 0 Å². The van der Waals surface area contributed by atoms with Gasteiger partial charge in [0, 0.05) is 18.1 Å². The van der Waals surface area contributed by atoms with E-state index in [0.29, 0.717) is 0 Å². The van der Waals surface area contributed by atoms with Gasteiger partial charge in [-0.15, -0.1) is 0 Å². The SMILES string of the molecule is Cc1cccc(CC(=O)c2cc(F)cc([N+](=O)[O-])c2)c1. The van der Waals surface area contributed by atoms with E-state index in [9.17, 15) is 19.3 Å². The van der Waals surface area contributed by atoms with Crippen molar-refractivity contribution in [2.24, 2.45) is 0 Å². The number of rotatable bonds is 4. The van der Waals surface area contributed by atoms with Crippen LogP contribution in [-0.4, -0.2) is 10.7 Å². The average molecular weight is 273 g/mol. The quantitative estimate of drug-likeness (QED) is 0.487. The molecule has 4 nitrogen and oxygen atoms in total. The molecule has 2 rings (SSSR count). The monoisotopic (exact) mass is 273 g/mol. The van der Waals surface area contributed by atoms with Crippen LogP contribution in [0.4, 0.5) is 10.1 Å². The predicted molar refractivity (Wildman–Crippen MR) is 72.3 cm³/mol. The molecule has 0 unspecified atom stereocenters. The summed E-state index contributed by atoms with van der Waals surface area (Å²) in [6.45, 7) is 1.90. The van der Waals surface area contributed by atoms with Crippen molar-refractivity contribution in [1.82, 2.24) is 0 Å². The summed E-state index contributed by atoms with van der Waals surface area (Å²) in [5.74, 6) is -1.13. The highest BCUT2D eigenvalue weighted by Gasteiger charge is 2.15. The van der Waals surface area contributed by atoms with Gasteiger partial charge >= 0.3 is 0 Å². The van der Waals surface area contributed by atoms with Crippen molar-refractivity contribution in [1.29, 1.82) is 0 Å². The topological polar surface area (TPSA) is 60.2 Å². The second-order valence-corrected chi connectivity index (χ2v) is 4.54. The Kier molecular flexibility index (Phi) is 3.89. The van der Waals surface area contributed by atoms with Crippen LogP contribution < -0.4 is 0 Å². The number of carbonyl (C=O) groups is 1. The third-order valence-corrected chi connectivity index (χ3v) is 2.86. The highest BCUT2D eigenvalue weighted by Crippen LogP contribution is 2.18. The molecule has 0 saturated carbocycles. The smallest absolute Gasteiger partial charge is 0.273 e. The van der Waals surface area contributed by atoms with E-state index in [0.717, 1.165) is 29.3 Å². The van der Waals surface area contributed by atoms with Crippen molar-refractivity contribution in [2.75, 3.05) is 0 Å². The molecule has 0 aromatic heterocycles. The Hall–Kier alpha value is -2.56. The molecule has 0 heterocycles. The third kappa shape index (κ3) is 3.26. The summed E-state index contributed by atoms with van der Waals surface area (Å²) in [7, 11) is 0. The molecule has 0 aliphatic rings. The number of nitro groups is 1. The van der Waals surface area contributed by atoms with Gasteiger partial charge in [-0.2, -0.15) is 0 Å². The van der Waals surface area contributed by atoms with Crippen LogP contribution in [0.1, 0.15) is 21.5 Å². The Morgan fingerprint density at radius 2 is 2.00 bits per heavy atom. The highest BCUT2D eigenvalue weighted by atomic mass is 19.1. The van der Waals surface area contributed by atoms with Crippen LogP contribution in [0, 0.1) is 22.9 Å². The number of non-ortho nitro benzene ring substituents is 1. The summed E-state index contributed by atoms with van der Waals surface area (Å²) < 4.78 is 13.3. The fourth-order valence-electron chi connectivity index (χ4n) is 1.95. The van der Waals surface area contributed by atoms with Gasteiger partial charge in [-0.25, -0.2) is 4.39 Å². The van der Waals surface area contributed by atoms with Gasteiger partial charge in [0.25, 0.3) is 5.69 Å². The zero-order chi connectivity index (χ0) is 14.7. The van der Waals surface area contributed by atoms with E-state index >= 15 is 0 Å². The molecule has 0 radical (unpaired) electrons. The molecule has 0 bridgehead atoms.